The molecule has 0 unspecified atom stereocenters. The second-order valence-electron chi connectivity index (χ2n) is 6.47. The number of amides is 1. The summed E-state index contributed by atoms with van der Waals surface area (Å²) in [6.45, 7) is 5.46. The summed E-state index contributed by atoms with van der Waals surface area (Å²) in [6, 6.07) is 8.48. The molecule has 6 nitrogen and oxygen atoms in total. The Bertz CT molecular complexity index is 882. The zero-order valence-electron chi connectivity index (χ0n) is 15.8. The van der Waals surface area contributed by atoms with Crippen molar-refractivity contribution in [3.8, 4) is 0 Å². The highest BCUT2D eigenvalue weighted by atomic mass is 32.2. The molecule has 1 heterocycles. The van der Waals surface area contributed by atoms with E-state index in [1.54, 1.807) is 42.5 Å². The smallest absolute Gasteiger partial charge is 0.243 e. The average Bonchev–Trinajstić information content (AvgIpc) is 2.63. The van der Waals surface area contributed by atoms with Crippen LogP contribution in [-0.4, -0.2) is 49.2 Å². The molecule has 0 radical (unpaired) electrons. The molecule has 0 saturated carbocycles. The highest BCUT2D eigenvalue weighted by molar-refractivity contribution is 7.89. The van der Waals surface area contributed by atoms with E-state index >= 15 is 0 Å². The monoisotopic (exact) mass is 375 g/mol. The molecule has 1 atom stereocenters. The SMILES string of the molecule is Cc1ccc(S(=O)(=O)N(C)CC(=O)N(C)[C@@H](C)c2ccncc2)cc1C. The van der Waals surface area contributed by atoms with E-state index in [1.165, 1.54) is 7.05 Å². The normalized spacial score (nSPS) is 12.8. The molecule has 7 heteroatoms. The van der Waals surface area contributed by atoms with E-state index in [2.05, 4.69) is 4.98 Å². The topological polar surface area (TPSA) is 70.6 Å². The Labute approximate surface area is 155 Å². The summed E-state index contributed by atoms with van der Waals surface area (Å²) >= 11 is 0. The number of benzene rings is 1. The first-order chi connectivity index (χ1) is 12.1. The summed E-state index contributed by atoms with van der Waals surface area (Å²) in [5.74, 6) is -0.274. The van der Waals surface area contributed by atoms with Crippen molar-refractivity contribution in [1.29, 1.82) is 0 Å². The molecule has 2 rings (SSSR count). The van der Waals surface area contributed by atoms with E-state index in [9.17, 15) is 13.2 Å². The average molecular weight is 375 g/mol. The number of sulfonamides is 1. The van der Waals surface area contributed by atoms with Crippen molar-refractivity contribution >= 4 is 15.9 Å². The molecule has 0 N–H and O–H groups in total. The molecular formula is C19H25N3O3S. The largest absolute Gasteiger partial charge is 0.338 e. The molecule has 1 aromatic carbocycles. The van der Waals surface area contributed by atoms with Crippen LogP contribution in [0.5, 0.6) is 0 Å². The number of hydrogen-bond acceptors (Lipinski definition) is 4. The third-order valence-corrected chi connectivity index (χ3v) is 6.51. The van der Waals surface area contributed by atoms with Crippen LogP contribution in [-0.2, 0) is 14.8 Å². The summed E-state index contributed by atoms with van der Waals surface area (Å²) < 4.78 is 26.6. The molecule has 0 aliphatic rings. The number of rotatable bonds is 6. The van der Waals surface area contributed by atoms with E-state index in [4.69, 9.17) is 0 Å². The minimum atomic E-state index is -3.72. The molecule has 0 spiro atoms. The minimum Gasteiger partial charge on any atom is -0.338 e. The van der Waals surface area contributed by atoms with Gasteiger partial charge in [-0.05, 0) is 61.7 Å². The van der Waals surface area contributed by atoms with Crippen LogP contribution in [0.4, 0.5) is 0 Å². The maximum absolute atomic E-state index is 12.7. The predicted molar refractivity (Wildman–Crippen MR) is 101 cm³/mol. The fourth-order valence-corrected chi connectivity index (χ4v) is 3.73. The molecule has 1 amide bonds. The zero-order chi connectivity index (χ0) is 19.5. The van der Waals surface area contributed by atoms with Gasteiger partial charge < -0.3 is 4.90 Å². The first-order valence-corrected chi connectivity index (χ1v) is 9.77. The maximum atomic E-state index is 12.7. The number of nitrogens with zero attached hydrogens (tertiary/aromatic N) is 3. The molecule has 26 heavy (non-hydrogen) atoms. The van der Waals surface area contributed by atoms with Crippen molar-refractivity contribution in [3.05, 3.63) is 59.4 Å². The van der Waals surface area contributed by atoms with E-state index in [1.807, 2.05) is 32.9 Å². The van der Waals surface area contributed by atoms with Crippen LogP contribution in [0.25, 0.3) is 0 Å². The number of pyridine rings is 1. The van der Waals surface area contributed by atoms with Crippen LogP contribution in [0.15, 0.2) is 47.6 Å². The van der Waals surface area contributed by atoms with Gasteiger partial charge in [0.1, 0.15) is 0 Å². The first-order valence-electron chi connectivity index (χ1n) is 8.33. The van der Waals surface area contributed by atoms with Crippen molar-refractivity contribution in [2.75, 3.05) is 20.6 Å². The molecule has 0 aliphatic carbocycles. The fraction of sp³-hybridized carbons (Fsp3) is 0.368. The standard InChI is InChI=1S/C19H25N3O3S/c1-14-6-7-18(12-15(14)2)26(24,25)21(4)13-19(23)22(5)16(3)17-8-10-20-11-9-17/h6-12,16H,13H2,1-5H3/t16-/m0/s1. The van der Waals surface area contributed by atoms with Crippen LogP contribution < -0.4 is 0 Å². The Morgan fingerprint density at radius 2 is 1.69 bits per heavy atom. The van der Waals surface area contributed by atoms with Gasteiger partial charge in [0, 0.05) is 26.5 Å². The number of carbonyl (C=O) groups is 1. The van der Waals surface area contributed by atoms with Crippen LogP contribution in [0, 0.1) is 13.8 Å². The van der Waals surface area contributed by atoms with Gasteiger partial charge in [-0.2, -0.15) is 4.31 Å². The third-order valence-electron chi connectivity index (χ3n) is 4.71. The molecule has 0 bridgehead atoms. The number of aryl methyl sites for hydroxylation is 2. The minimum absolute atomic E-state index is 0.178. The van der Waals surface area contributed by atoms with Crippen LogP contribution in [0.3, 0.4) is 0 Å². The zero-order valence-corrected chi connectivity index (χ0v) is 16.6. The van der Waals surface area contributed by atoms with E-state index < -0.39 is 10.0 Å². The number of hydrogen-bond donors (Lipinski definition) is 0. The lowest BCUT2D eigenvalue weighted by Gasteiger charge is -2.27. The quantitative estimate of drug-likeness (QED) is 0.778. The lowest BCUT2D eigenvalue weighted by Crippen LogP contribution is -2.40. The highest BCUT2D eigenvalue weighted by Crippen LogP contribution is 2.20. The molecule has 0 fully saturated rings. The van der Waals surface area contributed by atoms with Gasteiger partial charge in [-0.1, -0.05) is 6.07 Å². The second-order valence-corrected chi connectivity index (χ2v) is 8.51. The van der Waals surface area contributed by atoms with Crippen LogP contribution in [0.2, 0.25) is 0 Å². The van der Waals surface area contributed by atoms with Crippen molar-refractivity contribution in [1.82, 2.24) is 14.2 Å². The maximum Gasteiger partial charge on any atom is 0.243 e. The predicted octanol–water partition coefficient (Wildman–Crippen LogP) is 2.54. The van der Waals surface area contributed by atoms with Gasteiger partial charge in [-0.25, -0.2) is 8.42 Å². The van der Waals surface area contributed by atoms with Gasteiger partial charge in [-0.3, -0.25) is 9.78 Å². The van der Waals surface area contributed by atoms with Crippen molar-refractivity contribution in [3.63, 3.8) is 0 Å². The highest BCUT2D eigenvalue weighted by Gasteiger charge is 2.26. The molecule has 140 valence electrons. The van der Waals surface area contributed by atoms with Crippen molar-refractivity contribution in [2.45, 2.75) is 31.7 Å². The molecule has 1 aromatic heterocycles. The van der Waals surface area contributed by atoms with E-state index in [0.29, 0.717) is 0 Å². The van der Waals surface area contributed by atoms with Gasteiger partial charge >= 0.3 is 0 Å². The summed E-state index contributed by atoms with van der Waals surface area (Å²) in [4.78, 5) is 18.3. The molecular weight excluding hydrogens is 350 g/mol. The van der Waals surface area contributed by atoms with Gasteiger partial charge in [-0.15, -0.1) is 0 Å². The van der Waals surface area contributed by atoms with E-state index in [-0.39, 0.29) is 23.4 Å². The number of carbonyl (C=O) groups excluding carboxylic acids is 1. The fourth-order valence-electron chi connectivity index (χ4n) is 2.52. The first kappa shape index (κ1) is 20.1. The number of aromatic nitrogens is 1. The third kappa shape index (κ3) is 4.28. The van der Waals surface area contributed by atoms with Crippen LogP contribution >= 0.6 is 0 Å². The molecule has 2 aromatic rings. The summed E-state index contributed by atoms with van der Waals surface area (Å²) in [6.07, 6.45) is 3.33. The second kappa shape index (κ2) is 7.97. The Morgan fingerprint density at radius 3 is 2.27 bits per heavy atom. The van der Waals surface area contributed by atoms with Gasteiger partial charge in [0.05, 0.1) is 17.5 Å². The van der Waals surface area contributed by atoms with Crippen LogP contribution in [0.1, 0.15) is 29.7 Å². The van der Waals surface area contributed by atoms with Gasteiger partial charge in [0.25, 0.3) is 0 Å². The molecule has 0 aliphatic heterocycles. The summed E-state index contributed by atoms with van der Waals surface area (Å²) in [5, 5.41) is 0. The van der Waals surface area contributed by atoms with Crippen molar-refractivity contribution in [2.24, 2.45) is 0 Å². The summed E-state index contributed by atoms with van der Waals surface area (Å²) in [7, 11) is -0.627. The van der Waals surface area contributed by atoms with Crippen molar-refractivity contribution < 1.29 is 13.2 Å². The number of likely N-dealkylation sites (N-methyl/N-ethyl adjacent to an activating group) is 2. The Balaban J connectivity index is 2.13. The van der Waals surface area contributed by atoms with Gasteiger partial charge in [0.15, 0.2) is 0 Å². The molecule has 0 saturated heterocycles. The van der Waals surface area contributed by atoms with E-state index in [0.717, 1.165) is 21.0 Å². The Hall–Kier alpha value is -2.25. The lowest BCUT2D eigenvalue weighted by atomic mass is 10.1. The Morgan fingerprint density at radius 1 is 1.08 bits per heavy atom. The lowest BCUT2D eigenvalue weighted by molar-refractivity contribution is -0.131. The summed E-state index contributed by atoms with van der Waals surface area (Å²) in [5.41, 5.74) is 2.86. The van der Waals surface area contributed by atoms with Gasteiger partial charge in [0.2, 0.25) is 15.9 Å². The Kier molecular flexibility index (Phi) is 6.15.